The van der Waals surface area contributed by atoms with Crippen LogP contribution >= 0.6 is 0 Å². The van der Waals surface area contributed by atoms with Crippen molar-refractivity contribution in [3.05, 3.63) is 231 Å². The zero-order valence-electron chi connectivity index (χ0n) is 32.3. The summed E-state index contributed by atoms with van der Waals surface area (Å²) in [5.41, 5.74) is 10.7. The number of hydrogen-bond donors (Lipinski definition) is 0. The number of benzene rings is 7. The maximum atomic E-state index is 4.67. The molecule has 11 rings (SSSR count). The molecule has 6 heteroatoms. The molecular formula is C54H36ClIrN4. The topological polar surface area (TPSA) is 51.6 Å². The molecule has 288 valence electrons. The molecule has 0 aliphatic rings. The summed E-state index contributed by atoms with van der Waals surface area (Å²) in [7, 11) is 0. The second-order valence-electron chi connectivity index (χ2n) is 13.6. The van der Waals surface area contributed by atoms with Gasteiger partial charge in [-0.2, -0.15) is 0 Å². The Morgan fingerprint density at radius 2 is 0.700 bits per heavy atom. The Kier molecular flexibility index (Phi) is 13.6. The standard InChI is InChI=1S/C24H16N2.2C15H10N.ClH.Ir/c1-3-7-17(8-4-1)19-13-15-25-23-21(19)11-12-22-20(14-16-26-24(22)23)18-9-5-2-6-10-18;2*1-2-7-13(8-3-1)15-14-9-5-4-6-12(14)10-11-16-15;;/h1-16H;2*1-7,9-11H;1H;/q;2*-1;;+3/p-1. The molecule has 0 fully saturated rings. The normalized spacial score (nSPS) is 10.4. The third kappa shape index (κ3) is 8.90. The van der Waals surface area contributed by atoms with Crippen molar-refractivity contribution >= 4 is 43.4 Å². The van der Waals surface area contributed by atoms with Crippen molar-refractivity contribution in [2.45, 2.75) is 0 Å². The van der Waals surface area contributed by atoms with E-state index >= 15 is 0 Å². The molecule has 0 bridgehead atoms. The van der Waals surface area contributed by atoms with Gasteiger partial charge in [-0.25, -0.2) is 0 Å². The minimum Gasteiger partial charge on any atom is -1.00 e. The van der Waals surface area contributed by atoms with Crippen LogP contribution in [0, 0.1) is 12.1 Å². The molecule has 0 amide bonds. The predicted octanol–water partition coefficient (Wildman–Crippen LogP) is 10.5. The van der Waals surface area contributed by atoms with E-state index in [1.807, 2.05) is 122 Å². The van der Waals surface area contributed by atoms with Crippen LogP contribution in [0.4, 0.5) is 0 Å². The molecule has 7 aromatic carbocycles. The van der Waals surface area contributed by atoms with Crippen LogP contribution in [0.5, 0.6) is 0 Å². The van der Waals surface area contributed by atoms with Gasteiger partial charge in [-0.3, -0.25) is 9.97 Å². The van der Waals surface area contributed by atoms with Crippen LogP contribution in [0.1, 0.15) is 0 Å². The maximum absolute atomic E-state index is 4.67. The van der Waals surface area contributed by atoms with E-state index in [9.17, 15) is 0 Å². The number of halogens is 1. The van der Waals surface area contributed by atoms with Crippen molar-refractivity contribution in [3.63, 3.8) is 0 Å². The minimum atomic E-state index is 0. The van der Waals surface area contributed by atoms with Crippen LogP contribution in [0.2, 0.25) is 0 Å². The van der Waals surface area contributed by atoms with Crippen molar-refractivity contribution in [3.8, 4) is 44.8 Å². The van der Waals surface area contributed by atoms with Gasteiger partial charge in [0.25, 0.3) is 0 Å². The van der Waals surface area contributed by atoms with Crippen LogP contribution in [-0.4, -0.2) is 19.9 Å². The predicted molar refractivity (Wildman–Crippen MR) is 240 cm³/mol. The first kappa shape index (κ1) is 41.3. The van der Waals surface area contributed by atoms with Gasteiger partial charge in [0.05, 0.1) is 11.0 Å². The molecule has 0 spiro atoms. The van der Waals surface area contributed by atoms with Gasteiger partial charge in [0.1, 0.15) is 0 Å². The Labute approximate surface area is 369 Å². The van der Waals surface area contributed by atoms with E-state index < -0.39 is 0 Å². The van der Waals surface area contributed by atoms with E-state index in [0.717, 1.165) is 44.3 Å². The molecule has 0 atom stereocenters. The van der Waals surface area contributed by atoms with E-state index in [0.29, 0.717) is 0 Å². The molecule has 0 unspecified atom stereocenters. The van der Waals surface area contributed by atoms with Crippen molar-refractivity contribution in [2.75, 3.05) is 0 Å². The number of aromatic nitrogens is 4. The molecule has 4 heterocycles. The minimum absolute atomic E-state index is 0. The first-order valence-corrected chi connectivity index (χ1v) is 19.2. The summed E-state index contributed by atoms with van der Waals surface area (Å²) in [6.07, 6.45) is 7.44. The Balaban J connectivity index is 0.000000140. The molecular weight excluding hydrogens is 932 g/mol. The van der Waals surface area contributed by atoms with Gasteiger partial charge in [-0.05, 0) is 79.5 Å². The first-order chi connectivity index (χ1) is 28.8. The number of fused-ring (bicyclic) bond motifs is 5. The average Bonchev–Trinajstić information content (AvgIpc) is 3.32. The third-order valence-electron chi connectivity index (χ3n) is 10.1. The first-order valence-electron chi connectivity index (χ1n) is 19.2. The fourth-order valence-corrected chi connectivity index (χ4v) is 7.32. The van der Waals surface area contributed by atoms with Crippen molar-refractivity contribution in [2.24, 2.45) is 0 Å². The van der Waals surface area contributed by atoms with Gasteiger partial charge < -0.3 is 22.4 Å². The number of nitrogens with zero attached hydrogens (tertiary/aromatic N) is 4. The third-order valence-corrected chi connectivity index (χ3v) is 10.1. The Morgan fingerprint density at radius 3 is 1.12 bits per heavy atom. The fraction of sp³-hybridized carbons (Fsp3) is 0. The van der Waals surface area contributed by atoms with Crippen LogP contribution in [0.25, 0.3) is 88.1 Å². The molecule has 0 N–H and O–H groups in total. The van der Waals surface area contributed by atoms with E-state index in [4.69, 9.17) is 0 Å². The summed E-state index contributed by atoms with van der Waals surface area (Å²) < 4.78 is 0. The summed E-state index contributed by atoms with van der Waals surface area (Å²) in [6, 6.07) is 72.2. The van der Waals surface area contributed by atoms with Crippen LogP contribution < -0.4 is 12.4 Å². The second-order valence-corrected chi connectivity index (χ2v) is 13.6. The zero-order valence-corrected chi connectivity index (χ0v) is 35.4. The van der Waals surface area contributed by atoms with Gasteiger partial charge in [0.15, 0.2) is 0 Å². The molecule has 0 saturated heterocycles. The van der Waals surface area contributed by atoms with E-state index in [1.165, 1.54) is 43.8 Å². The second kappa shape index (κ2) is 19.7. The molecule has 4 aromatic heterocycles. The molecule has 4 nitrogen and oxygen atoms in total. The molecule has 60 heavy (non-hydrogen) atoms. The average molecular weight is 969 g/mol. The summed E-state index contributed by atoms with van der Waals surface area (Å²) in [6.45, 7) is 0. The molecule has 0 aliphatic heterocycles. The van der Waals surface area contributed by atoms with Gasteiger partial charge >= 0.3 is 20.1 Å². The number of rotatable bonds is 4. The zero-order chi connectivity index (χ0) is 38.9. The van der Waals surface area contributed by atoms with Crippen LogP contribution in [0.15, 0.2) is 219 Å². The monoisotopic (exact) mass is 968 g/mol. The van der Waals surface area contributed by atoms with Gasteiger partial charge in [-0.1, -0.05) is 121 Å². The summed E-state index contributed by atoms with van der Waals surface area (Å²) >= 11 is 0. The summed E-state index contributed by atoms with van der Waals surface area (Å²) in [4.78, 5) is 18.2. The summed E-state index contributed by atoms with van der Waals surface area (Å²) in [5.74, 6) is 0. The Morgan fingerprint density at radius 1 is 0.317 bits per heavy atom. The van der Waals surface area contributed by atoms with Gasteiger partial charge in [-0.15, -0.1) is 71.8 Å². The maximum Gasteiger partial charge on any atom is 3.00 e. The van der Waals surface area contributed by atoms with Crippen LogP contribution in [-0.2, 0) is 20.1 Å². The molecule has 0 aliphatic carbocycles. The largest absolute Gasteiger partial charge is 3.00 e. The quantitative estimate of drug-likeness (QED) is 0.130. The van der Waals surface area contributed by atoms with E-state index in [2.05, 4.69) is 129 Å². The van der Waals surface area contributed by atoms with Crippen LogP contribution in [0.3, 0.4) is 0 Å². The smallest absolute Gasteiger partial charge is 1.00 e. The molecule has 0 saturated carbocycles. The van der Waals surface area contributed by atoms with Gasteiger partial charge in [0.2, 0.25) is 0 Å². The Bertz CT molecular complexity index is 2890. The van der Waals surface area contributed by atoms with Crippen molar-refractivity contribution < 1.29 is 32.5 Å². The SMILES string of the molecule is [Cl-].[Ir+3].[c-]1ccccc1-c1nccc2ccccc12.[c-]1ccccc1-c1nccc2ccccc12.c1ccc(-c2ccnc3c2ccc2c(-c4ccccc4)ccnc23)cc1. The van der Waals surface area contributed by atoms with E-state index in [1.54, 1.807) is 0 Å². The number of pyridine rings is 4. The molecule has 11 aromatic rings. The van der Waals surface area contributed by atoms with Crippen molar-refractivity contribution in [1.29, 1.82) is 0 Å². The van der Waals surface area contributed by atoms with Gasteiger partial charge in [0, 0.05) is 35.6 Å². The summed E-state index contributed by atoms with van der Waals surface area (Å²) in [5, 5.41) is 7.03. The number of hydrogen-bond acceptors (Lipinski definition) is 4. The van der Waals surface area contributed by atoms with Crippen molar-refractivity contribution in [1.82, 2.24) is 19.9 Å². The molecule has 0 radical (unpaired) electrons. The fourth-order valence-electron chi connectivity index (χ4n) is 7.32. The van der Waals surface area contributed by atoms with E-state index in [-0.39, 0.29) is 32.5 Å². The Hall–Kier alpha value is -6.88.